The Morgan fingerprint density at radius 1 is 1.20 bits per heavy atom. The number of carbonyl (C=O) groups is 1. The summed E-state index contributed by atoms with van der Waals surface area (Å²) >= 11 is 6.41. The Morgan fingerprint density at radius 3 is 2.66 bits per heavy atom. The van der Waals surface area contributed by atoms with Gasteiger partial charge < -0.3 is 14.5 Å². The average Bonchev–Trinajstić information content (AvgIpc) is 3.53. The van der Waals surface area contributed by atoms with Gasteiger partial charge >= 0.3 is 5.97 Å². The summed E-state index contributed by atoms with van der Waals surface area (Å²) in [5.41, 5.74) is 1.15. The lowest BCUT2D eigenvalue weighted by atomic mass is 10.1. The van der Waals surface area contributed by atoms with Crippen molar-refractivity contribution in [1.82, 2.24) is 19.7 Å². The van der Waals surface area contributed by atoms with Crippen LogP contribution in [0.3, 0.4) is 0 Å². The van der Waals surface area contributed by atoms with E-state index in [1.807, 2.05) is 18.2 Å². The molecule has 182 valence electrons. The van der Waals surface area contributed by atoms with Crippen molar-refractivity contribution in [2.75, 3.05) is 6.61 Å². The van der Waals surface area contributed by atoms with Gasteiger partial charge in [-0.25, -0.2) is 9.67 Å². The molecule has 1 fully saturated rings. The average molecular weight is 495 g/mol. The van der Waals surface area contributed by atoms with E-state index in [2.05, 4.69) is 15.1 Å². The molecule has 5 rings (SSSR count). The van der Waals surface area contributed by atoms with Crippen LogP contribution in [0.4, 0.5) is 0 Å². The molecule has 1 N–H and O–H groups in total. The maximum atomic E-state index is 13.0. The third kappa shape index (κ3) is 5.32. The van der Waals surface area contributed by atoms with E-state index < -0.39 is 11.6 Å². The van der Waals surface area contributed by atoms with E-state index in [4.69, 9.17) is 21.1 Å². The maximum absolute atomic E-state index is 13.0. The van der Waals surface area contributed by atoms with Crippen molar-refractivity contribution in [3.8, 4) is 5.75 Å². The molecule has 8 nitrogen and oxygen atoms in total. The van der Waals surface area contributed by atoms with Crippen LogP contribution in [0.15, 0.2) is 41.2 Å². The minimum absolute atomic E-state index is 0.272. The molecular formula is C26H27ClN4O4. The van der Waals surface area contributed by atoms with E-state index in [1.54, 1.807) is 39.0 Å². The largest absolute Gasteiger partial charge is 0.492 e. The van der Waals surface area contributed by atoms with Crippen molar-refractivity contribution in [1.29, 1.82) is 0 Å². The number of nitrogens with zero attached hydrogens (tertiary/aromatic N) is 3. The monoisotopic (exact) mass is 494 g/mol. The zero-order chi connectivity index (χ0) is 24.7. The van der Waals surface area contributed by atoms with Gasteiger partial charge in [0.05, 0.1) is 40.2 Å². The number of aromatic amines is 1. The number of rotatable bonds is 7. The van der Waals surface area contributed by atoms with Crippen LogP contribution in [0.2, 0.25) is 5.02 Å². The van der Waals surface area contributed by atoms with Crippen LogP contribution < -0.4 is 10.3 Å². The molecule has 0 atom stereocenters. The number of fused-ring (bicyclic) bond motifs is 2. The summed E-state index contributed by atoms with van der Waals surface area (Å²) in [6.45, 7) is 5.74. The molecule has 0 unspecified atom stereocenters. The van der Waals surface area contributed by atoms with Gasteiger partial charge in [-0.2, -0.15) is 5.10 Å². The van der Waals surface area contributed by atoms with Crippen molar-refractivity contribution < 1.29 is 14.3 Å². The number of halogens is 1. The first-order valence-corrected chi connectivity index (χ1v) is 12.1. The second-order valence-electron chi connectivity index (χ2n) is 9.96. The summed E-state index contributed by atoms with van der Waals surface area (Å²) < 4.78 is 12.4. The highest BCUT2D eigenvalue weighted by atomic mass is 35.5. The van der Waals surface area contributed by atoms with Crippen molar-refractivity contribution in [3.05, 3.63) is 63.3 Å². The maximum Gasteiger partial charge on any atom is 0.328 e. The number of imidazole rings is 1. The van der Waals surface area contributed by atoms with Gasteiger partial charge in [-0.3, -0.25) is 9.59 Å². The van der Waals surface area contributed by atoms with Gasteiger partial charge in [-0.15, -0.1) is 0 Å². The van der Waals surface area contributed by atoms with Gasteiger partial charge in [0.1, 0.15) is 23.7 Å². The van der Waals surface area contributed by atoms with E-state index in [-0.39, 0.29) is 12.1 Å². The minimum Gasteiger partial charge on any atom is -0.492 e. The van der Waals surface area contributed by atoms with E-state index >= 15 is 0 Å². The minimum atomic E-state index is -0.656. The Morgan fingerprint density at radius 2 is 1.94 bits per heavy atom. The van der Waals surface area contributed by atoms with Crippen LogP contribution >= 0.6 is 11.6 Å². The van der Waals surface area contributed by atoms with Gasteiger partial charge in [0.25, 0.3) is 5.56 Å². The lowest BCUT2D eigenvalue weighted by molar-refractivity contribution is -0.155. The number of carbonyl (C=O) groups excluding carboxylic acids is 1. The van der Waals surface area contributed by atoms with Gasteiger partial charge in [0.2, 0.25) is 0 Å². The molecule has 1 aliphatic rings. The first-order chi connectivity index (χ1) is 16.7. The number of hydrogen-bond acceptors (Lipinski definition) is 6. The van der Waals surface area contributed by atoms with Gasteiger partial charge in [0, 0.05) is 11.5 Å². The highest BCUT2D eigenvalue weighted by Crippen LogP contribution is 2.33. The van der Waals surface area contributed by atoms with Crippen LogP contribution in [-0.4, -0.2) is 37.9 Å². The highest BCUT2D eigenvalue weighted by Gasteiger charge is 2.23. The Bertz CT molecular complexity index is 1480. The summed E-state index contributed by atoms with van der Waals surface area (Å²) in [4.78, 5) is 33.4. The van der Waals surface area contributed by atoms with Crippen LogP contribution in [-0.2, 0) is 22.5 Å². The molecule has 1 saturated carbocycles. The Hall–Kier alpha value is -3.39. The van der Waals surface area contributed by atoms with Crippen LogP contribution in [0, 0.1) is 5.92 Å². The topological polar surface area (TPSA) is 99.1 Å². The zero-order valence-electron chi connectivity index (χ0n) is 19.9. The smallest absolute Gasteiger partial charge is 0.328 e. The molecule has 0 spiro atoms. The fourth-order valence-corrected chi connectivity index (χ4v) is 4.16. The lowest BCUT2D eigenvalue weighted by Crippen LogP contribution is -2.32. The Kier molecular flexibility index (Phi) is 6.01. The summed E-state index contributed by atoms with van der Waals surface area (Å²) in [6.07, 6.45) is 2.73. The first-order valence-electron chi connectivity index (χ1n) is 11.7. The molecule has 2 heterocycles. The van der Waals surface area contributed by atoms with E-state index in [1.165, 1.54) is 12.8 Å². The van der Waals surface area contributed by atoms with Crippen molar-refractivity contribution in [3.63, 3.8) is 0 Å². The number of esters is 1. The first kappa shape index (κ1) is 23.4. The van der Waals surface area contributed by atoms with Gasteiger partial charge in [-0.05, 0) is 51.7 Å². The normalized spacial score (nSPS) is 13.9. The van der Waals surface area contributed by atoms with Crippen LogP contribution in [0.25, 0.3) is 21.8 Å². The number of ether oxygens (including phenoxy) is 2. The molecule has 2 aromatic heterocycles. The number of nitrogens with one attached hydrogen (secondary N) is 1. The second-order valence-corrected chi connectivity index (χ2v) is 10.4. The molecule has 0 bridgehead atoms. The molecular weight excluding hydrogens is 468 g/mol. The fraction of sp³-hybridized carbons (Fsp3) is 0.385. The predicted octanol–water partition coefficient (Wildman–Crippen LogP) is 4.65. The van der Waals surface area contributed by atoms with Crippen molar-refractivity contribution in [2.45, 2.75) is 52.2 Å². The predicted molar refractivity (Wildman–Crippen MR) is 134 cm³/mol. The molecule has 35 heavy (non-hydrogen) atoms. The molecule has 0 radical (unpaired) electrons. The molecule has 0 aliphatic heterocycles. The summed E-state index contributed by atoms with van der Waals surface area (Å²) in [5.74, 6) is 1.39. The van der Waals surface area contributed by atoms with E-state index in [0.29, 0.717) is 52.0 Å². The molecule has 0 saturated heterocycles. The molecule has 9 heteroatoms. The Balaban J connectivity index is 1.47. The van der Waals surface area contributed by atoms with Gasteiger partial charge in [-0.1, -0.05) is 29.8 Å². The van der Waals surface area contributed by atoms with E-state index in [0.717, 1.165) is 15.7 Å². The Labute approximate surface area is 207 Å². The fourth-order valence-electron chi connectivity index (χ4n) is 3.95. The summed E-state index contributed by atoms with van der Waals surface area (Å²) in [7, 11) is 0. The highest BCUT2D eigenvalue weighted by molar-refractivity contribution is 6.32. The third-order valence-corrected chi connectivity index (χ3v) is 6.03. The molecule has 0 amide bonds. The van der Waals surface area contributed by atoms with Crippen molar-refractivity contribution in [2.24, 2.45) is 5.92 Å². The van der Waals surface area contributed by atoms with Crippen molar-refractivity contribution >= 4 is 39.4 Å². The zero-order valence-corrected chi connectivity index (χ0v) is 20.7. The molecule has 4 aromatic rings. The second kappa shape index (κ2) is 9.00. The van der Waals surface area contributed by atoms with Gasteiger partial charge in [0.15, 0.2) is 0 Å². The van der Waals surface area contributed by atoms with Crippen LogP contribution in [0.5, 0.6) is 5.75 Å². The standard InChI is InChI=1S/C26H27ClN4O4/c1-26(2,3)35-24(32)13-31-25(33)17-7-5-4-6-16(17)19(30-31)12-23-28-20-10-18(27)22(11-21(20)29-23)34-14-15-8-9-15/h4-7,10-11,15H,8-9,12-14H2,1-3H3,(H,28,29). The number of hydrogen-bond donors (Lipinski definition) is 1. The number of aromatic nitrogens is 4. The number of benzene rings is 2. The van der Waals surface area contributed by atoms with E-state index in [9.17, 15) is 9.59 Å². The number of H-pyrrole nitrogens is 1. The SMILES string of the molecule is CC(C)(C)OC(=O)Cn1nc(Cc2nc3cc(Cl)c(OCC4CC4)cc3[nH]2)c2ccccc2c1=O. The summed E-state index contributed by atoms with van der Waals surface area (Å²) in [5, 5.41) is 6.23. The molecule has 1 aliphatic carbocycles. The summed E-state index contributed by atoms with van der Waals surface area (Å²) in [6, 6.07) is 10.9. The van der Waals surface area contributed by atoms with Crippen LogP contribution in [0.1, 0.15) is 45.1 Å². The lowest BCUT2D eigenvalue weighted by Gasteiger charge is -2.19. The molecule has 2 aromatic carbocycles. The quantitative estimate of drug-likeness (QED) is 0.375. The third-order valence-electron chi connectivity index (χ3n) is 5.73.